The first-order chi connectivity index (χ1) is 14.8. The van der Waals surface area contributed by atoms with E-state index in [4.69, 9.17) is 0 Å². The number of hydrogen-bond donors (Lipinski definition) is 2. The third-order valence-corrected chi connectivity index (χ3v) is 7.00. The summed E-state index contributed by atoms with van der Waals surface area (Å²) in [6.45, 7) is 3.21. The van der Waals surface area contributed by atoms with Gasteiger partial charge in [0.05, 0.1) is 12.1 Å². The maximum atomic E-state index is 12.8. The maximum absolute atomic E-state index is 12.8. The van der Waals surface area contributed by atoms with Gasteiger partial charge in [-0.25, -0.2) is 0 Å². The fourth-order valence-electron chi connectivity index (χ4n) is 5.00. The molecular weight excluding hydrogens is 394 g/mol. The van der Waals surface area contributed by atoms with Crippen LogP contribution >= 0.6 is 0 Å². The van der Waals surface area contributed by atoms with E-state index in [1.807, 2.05) is 18.2 Å². The minimum absolute atomic E-state index is 0.0437. The highest BCUT2D eigenvalue weighted by atomic mass is 16.3. The van der Waals surface area contributed by atoms with Crippen LogP contribution in [0.15, 0.2) is 30.3 Å². The summed E-state index contributed by atoms with van der Waals surface area (Å²) < 4.78 is 0. The van der Waals surface area contributed by atoms with Crippen LogP contribution in [0.1, 0.15) is 57.4 Å². The number of aliphatic hydroxyl groups excluding tert-OH is 1. The molecule has 1 saturated carbocycles. The zero-order valence-electron chi connectivity index (χ0n) is 18.7. The van der Waals surface area contributed by atoms with Crippen LogP contribution in [-0.2, 0) is 19.8 Å². The Hall–Kier alpha value is -2.41. The van der Waals surface area contributed by atoms with Crippen molar-refractivity contribution < 1.29 is 19.5 Å². The molecule has 0 radical (unpaired) electrons. The van der Waals surface area contributed by atoms with Crippen molar-refractivity contribution in [3.05, 3.63) is 35.9 Å². The largest absolute Gasteiger partial charge is 0.391 e. The van der Waals surface area contributed by atoms with Gasteiger partial charge in [0.2, 0.25) is 17.7 Å². The summed E-state index contributed by atoms with van der Waals surface area (Å²) in [5.74, 6) is 0.00815. The van der Waals surface area contributed by atoms with Crippen molar-refractivity contribution >= 4 is 17.7 Å². The first-order valence-corrected chi connectivity index (χ1v) is 11.3. The minimum Gasteiger partial charge on any atom is -0.391 e. The fraction of sp³-hybridized carbons (Fsp3) is 0.625. The lowest BCUT2D eigenvalue weighted by atomic mass is 9.74. The van der Waals surface area contributed by atoms with Gasteiger partial charge in [0.25, 0.3) is 0 Å². The summed E-state index contributed by atoms with van der Waals surface area (Å²) >= 11 is 0. The number of hydrogen-bond acceptors (Lipinski definition) is 4. The van der Waals surface area contributed by atoms with Crippen molar-refractivity contribution in [2.24, 2.45) is 0 Å². The topological polar surface area (TPSA) is 89.9 Å². The van der Waals surface area contributed by atoms with Crippen LogP contribution in [0.4, 0.5) is 0 Å². The highest BCUT2D eigenvalue weighted by Gasteiger charge is 2.40. The summed E-state index contributed by atoms with van der Waals surface area (Å²) in [4.78, 5) is 39.7. The van der Waals surface area contributed by atoms with E-state index in [2.05, 4.69) is 17.4 Å². The lowest BCUT2D eigenvalue weighted by molar-refractivity contribution is -0.135. The van der Waals surface area contributed by atoms with Gasteiger partial charge in [-0.05, 0) is 37.7 Å². The van der Waals surface area contributed by atoms with Gasteiger partial charge in [-0.3, -0.25) is 14.4 Å². The summed E-state index contributed by atoms with van der Waals surface area (Å²) in [7, 11) is 1.76. The highest BCUT2D eigenvalue weighted by molar-refractivity contribution is 5.80. The molecule has 1 aliphatic heterocycles. The van der Waals surface area contributed by atoms with Crippen LogP contribution < -0.4 is 5.32 Å². The van der Waals surface area contributed by atoms with Crippen molar-refractivity contribution in [1.82, 2.24) is 15.1 Å². The monoisotopic (exact) mass is 429 g/mol. The zero-order chi connectivity index (χ0) is 22.4. The minimum atomic E-state index is -0.620. The van der Waals surface area contributed by atoms with Crippen molar-refractivity contribution in [3.63, 3.8) is 0 Å². The molecule has 7 heteroatoms. The average Bonchev–Trinajstić information content (AvgIpc) is 3.10. The van der Waals surface area contributed by atoms with Gasteiger partial charge in [0.1, 0.15) is 0 Å². The molecule has 0 bridgehead atoms. The predicted molar refractivity (Wildman–Crippen MR) is 118 cm³/mol. The molecule has 2 aliphatic rings. The molecule has 2 N–H and O–H groups in total. The first kappa shape index (κ1) is 23.3. The van der Waals surface area contributed by atoms with E-state index < -0.39 is 6.10 Å². The van der Waals surface area contributed by atoms with Crippen LogP contribution in [0.2, 0.25) is 0 Å². The highest BCUT2D eigenvalue weighted by Crippen LogP contribution is 2.39. The average molecular weight is 430 g/mol. The smallest absolute Gasteiger partial charge is 0.224 e. The van der Waals surface area contributed by atoms with E-state index in [0.717, 1.165) is 31.4 Å². The number of likely N-dealkylation sites (N-methyl/N-ethyl adjacent to an activating group) is 1. The quantitative estimate of drug-likeness (QED) is 0.647. The van der Waals surface area contributed by atoms with Gasteiger partial charge in [-0.15, -0.1) is 0 Å². The van der Waals surface area contributed by atoms with Gasteiger partial charge >= 0.3 is 0 Å². The third kappa shape index (κ3) is 5.64. The van der Waals surface area contributed by atoms with Crippen LogP contribution in [0.25, 0.3) is 0 Å². The predicted octanol–water partition coefficient (Wildman–Crippen LogP) is 1.83. The number of rotatable bonds is 7. The van der Waals surface area contributed by atoms with Crippen LogP contribution in [-0.4, -0.2) is 71.5 Å². The number of amides is 3. The third-order valence-electron chi connectivity index (χ3n) is 7.00. The Morgan fingerprint density at radius 1 is 1.23 bits per heavy atom. The molecule has 1 saturated heterocycles. The number of aliphatic hydroxyl groups is 1. The number of likely N-dealkylation sites (tertiary alicyclic amines) is 1. The van der Waals surface area contributed by atoms with Crippen LogP contribution in [0.5, 0.6) is 0 Å². The van der Waals surface area contributed by atoms with Crippen LogP contribution in [0, 0.1) is 0 Å². The molecule has 7 nitrogen and oxygen atoms in total. The Labute approximate surface area is 184 Å². The summed E-state index contributed by atoms with van der Waals surface area (Å²) in [6, 6.07) is 9.86. The van der Waals surface area contributed by atoms with E-state index in [-0.39, 0.29) is 35.6 Å². The first-order valence-electron chi connectivity index (χ1n) is 11.3. The molecule has 1 aromatic carbocycles. The van der Waals surface area contributed by atoms with Crippen molar-refractivity contribution in [3.8, 4) is 0 Å². The van der Waals surface area contributed by atoms with Gasteiger partial charge in [-0.1, -0.05) is 30.3 Å². The van der Waals surface area contributed by atoms with Crippen LogP contribution in [0.3, 0.4) is 0 Å². The number of nitrogens with one attached hydrogen (secondary N) is 1. The van der Waals surface area contributed by atoms with Crippen molar-refractivity contribution in [1.29, 1.82) is 0 Å². The zero-order valence-corrected chi connectivity index (χ0v) is 18.7. The Morgan fingerprint density at radius 2 is 1.94 bits per heavy atom. The molecular formula is C24H35N3O4. The van der Waals surface area contributed by atoms with E-state index in [1.54, 1.807) is 16.8 Å². The van der Waals surface area contributed by atoms with Gasteiger partial charge in [0, 0.05) is 51.9 Å². The summed E-state index contributed by atoms with van der Waals surface area (Å²) in [5.41, 5.74) is 0.882. The number of carbonyl (C=O) groups excluding carboxylic acids is 3. The van der Waals surface area contributed by atoms with Crippen molar-refractivity contribution in [2.75, 3.05) is 26.7 Å². The fourth-order valence-corrected chi connectivity index (χ4v) is 5.00. The number of benzene rings is 1. The molecule has 1 aromatic rings. The van der Waals surface area contributed by atoms with E-state index in [0.29, 0.717) is 32.4 Å². The van der Waals surface area contributed by atoms with Crippen molar-refractivity contribution in [2.45, 2.75) is 69.4 Å². The second-order valence-electron chi connectivity index (χ2n) is 9.01. The van der Waals surface area contributed by atoms with E-state index in [9.17, 15) is 19.5 Å². The number of carbonyl (C=O) groups is 3. The molecule has 0 unspecified atom stereocenters. The summed E-state index contributed by atoms with van der Waals surface area (Å²) in [5, 5.41) is 13.9. The molecule has 3 rings (SSSR count). The lowest BCUT2D eigenvalue weighted by Crippen LogP contribution is -2.45. The molecule has 1 heterocycles. The molecule has 170 valence electrons. The molecule has 31 heavy (non-hydrogen) atoms. The van der Waals surface area contributed by atoms with E-state index >= 15 is 0 Å². The summed E-state index contributed by atoms with van der Waals surface area (Å²) in [6.07, 6.45) is 3.80. The Bertz CT molecular complexity index is 784. The van der Waals surface area contributed by atoms with Gasteiger partial charge in [0.15, 0.2) is 0 Å². The van der Waals surface area contributed by atoms with Gasteiger partial charge in [-0.2, -0.15) is 0 Å². The number of nitrogens with zero attached hydrogens (tertiary/aromatic N) is 2. The molecule has 3 amide bonds. The normalized spacial score (nSPS) is 26.4. The Balaban J connectivity index is 1.68. The van der Waals surface area contributed by atoms with Gasteiger partial charge < -0.3 is 20.2 Å². The molecule has 3 atom stereocenters. The lowest BCUT2D eigenvalue weighted by Gasteiger charge is -2.34. The Morgan fingerprint density at radius 3 is 2.58 bits per heavy atom. The second kappa shape index (κ2) is 10.3. The molecule has 2 fully saturated rings. The maximum Gasteiger partial charge on any atom is 0.224 e. The molecule has 0 aromatic heterocycles. The Kier molecular flexibility index (Phi) is 7.70. The molecule has 0 spiro atoms. The second-order valence-corrected chi connectivity index (χ2v) is 9.01. The SMILES string of the molecule is CC(=O)NC[C@]1(c2ccccc2)CC[C@H](O)[C@@H](N(C)C(=O)CCN2CCCC2=O)CC1. The van der Waals surface area contributed by atoms with E-state index in [1.165, 1.54) is 6.92 Å². The molecule has 1 aliphatic carbocycles. The standard InChI is InChI=1S/C24H35N3O4/c1-18(28)25-17-24(19-7-4-3-5-8-19)13-10-20(21(29)11-14-24)26(2)22(30)12-16-27-15-6-9-23(27)31/h3-5,7-8,20-21,29H,6,9-17H2,1-2H3,(H,25,28)/t20-,21-,24+/m0/s1.